The number of benzene rings is 1. The molecule has 2 rings (SSSR count). The fourth-order valence-corrected chi connectivity index (χ4v) is 2.47. The van der Waals surface area contributed by atoms with Crippen LogP contribution in [-0.2, 0) is 4.79 Å². The van der Waals surface area contributed by atoms with E-state index >= 15 is 0 Å². The monoisotopic (exact) mass is 305 g/mol. The minimum Gasteiger partial charge on any atom is -0.330 e. The van der Waals surface area contributed by atoms with Gasteiger partial charge in [-0.1, -0.05) is 30.5 Å². The molecule has 0 fully saturated rings. The number of pyridine rings is 1. The summed E-state index contributed by atoms with van der Waals surface area (Å²) in [5.74, 6) is -0.00281. The second-order valence-electron chi connectivity index (χ2n) is 5.03. The zero-order chi connectivity index (χ0) is 15.1. The van der Waals surface area contributed by atoms with Crippen LogP contribution in [0.15, 0.2) is 30.5 Å². The fourth-order valence-electron chi connectivity index (χ4n) is 2.25. The van der Waals surface area contributed by atoms with Crippen LogP contribution in [0, 0.1) is 0 Å². The summed E-state index contributed by atoms with van der Waals surface area (Å²) in [5, 5.41) is 4.42. The molecule has 0 aliphatic rings. The van der Waals surface area contributed by atoms with Crippen molar-refractivity contribution in [2.45, 2.75) is 32.1 Å². The van der Waals surface area contributed by atoms with Gasteiger partial charge < -0.3 is 11.1 Å². The molecule has 0 saturated carbocycles. The van der Waals surface area contributed by atoms with Gasteiger partial charge in [-0.15, -0.1) is 0 Å². The van der Waals surface area contributed by atoms with E-state index in [2.05, 4.69) is 10.3 Å². The Morgan fingerprint density at radius 2 is 2.05 bits per heavy atom. The second kappa shape index (κ2) is 7.96. The van der Waals surface area contributed by atoms with Crippen molar-refractivity contribution in [3.63, 3.8) is 0 Å². The van der Waals surface area contributed by atoms with Crippen LogP contribution in [0.25, 0.3) is 10.9 Å². The summed E-state index contributed by atoms with van der Waals surface area (Å²) in [7, 11) is 0. The van der Waals surface area contributed by atoms with Gasteiger partial charge in [-0.05, 0) is 37.6 Å². The molecule has 0 bridgehead atoms. The smallest absolute Gasteiger partial charge is 0.224 e. The van der Waals surface area contributed by atoms with Crippen LogP contribution in [0.3, 0.4) is 0 Å². The van der Waals surface area contributed by atoms with Crippen LogP contribution in [-0.4, -0.2) is 17.4 Å². The Morgan fingerprint density at radius 1 is 1.24 bits per heavy atom. The summed E-state index contributed by atoms with van der Waals surface area (Å²) >= 11 is 6.08. The molecule has 5 heteroatoms. The van der Waals surface area contributed by atoms with Gasteiger partial charge in [0.15, 0.2) is 0 Å². The standard InChI is InChI=1S/C16H20ClN3O/c17-13-10-12-6-5-9-19-16(12)14(11-13)20-15(21)7-3-1-2-4-8-18/h5-6,9-11H,1-4,7-8,18H2,(H,20,21). The highest BCUT2D eigenvalue weighted by atomic mass is 35.5. The first-order valence-electron chi connectivity index (χ1n) is 7.25. The molecule has 0 radical (unpaired) electrons. The molecular weight excluding hydrogens is 286 g/mol. The van der Waals surface area contributed by atoms with E-state index in [1.54, 1.807) is 12.3 Å². The fraction of sp³-hybridized carbons (Fsp3) is 0.375. The largest absolute Gasteiger partial charge is 0.330 e. The van der Waals surface area contributed by atoms with E-state index < -0.39 is 0 Å². The molecule has 0 atom stereocenters. The molecule has 21 heavy (non-hydrogen) atoms. The number of carbonyl (C=O) groups excluding carboxylic acids is 1. The molecule has 0 aliphatic heterocycles. The maximum Gasteiger partial charge on any atom is 0.224 e. The minimum atomic E-state index is -0.00281. The molecule has 112 valence electrons. The summed E-state index contributed by atoms with van der Waals surface area (Å²) in [5.41, 5.74) is 6.87. The lowest BCUT2D eigenvalue weighted by Gasteiger charge is -2.09. The number of nitrogens with two attached hydrogens (primary N) is 1. The number of fused-ring (bicyclic) bond motifs is 1. The van der Waals surface area contributed by atoms with Crippen molar-refractivity contribution in [1.82, 2.24) is 4.98 Å². The molecule has 0 aliphatic carbocycles. The van der Waals surface area contributed by atoms with Crippen LogP contribution in [0.4, 0.5) is 5.69 Å². The topological polar surface area (TPSA) is 68.0 Å². The van der Waals surface area contributed by atoms with Gasteiger partial charge in [0.25, 0.3) is 0 Å². The summed E-state index contributed by atoms with van der Waals surface area (Å²) in [6.45, 7) is 0.715. The molecule has 4 nitrogen and oxygen atoms in total. The molecular formula is C16H20ClN3O. The van der Waals surface area contributed by atoms with Crippen LogP contribution in [0.2, 0.25) is 5.02 Å². The highest BCUT2D eigenvalue weighted by Gasteiger charge is 2.08. The lowest BCUT2D eigenvalue weighted by atomic mass is 10.1. The number of nitrogens with zero attached hydrogens (tertiary/aromatic N) is 1. The third-order valence-electron chi connectivity index (χ3n) is 3.30. The minimum absolute atomic E-state index is 0.00281. The zero-order valence-corrected chi connectivity index (χ0v) is 12.7. The first-order chi connectivity index (χ1) is 10.2. The molecule has 0 spiro atoms. The van der Waals surface area contributed by atoms with Crippen molar-refractivity contribution >= 4 is 34.1 Å². The van der Waals surface area contributed by atoms with Crippen LogP contribution in [0.5, 0.6) is 0 Å². The van der Waals surface area contributed by atoms with Crippen molar-refractivity contribution in [2.24, 2.45) is 5.73 Å². The number of hydrogen-bond donors (Lipinski definition) is 2. The highest BCUT2D eigenvalue weighted by molar-refractivity contribution is 6.32. The molecule has 0 unspecified atom stereocenters. The maximum atomic E-state index is 12.0. The van der Waals surface area contributed by atoms with E-state index in [1.807, 2.05) is 18.2 Å². The van der Waals surface area contributed by atoms with Crippen molar-refractivity contribution in [1.29, 1.82) is 0 Å². The first kappa shape index (κ1) is 15.7. The predicted molar refractivity (Wildman–Crippen MR) is 87.5 cm³/mol. The van der Waals surface area contributed by atoms with E-state index in [4.69, 9.17) is 17.3 Å². The lowest BCUT2D eigenvalue weighted by molar-refractivity contribution is -0.116. The molecule has 0 saturated heterocycles. The lowest BCUT2D eigenvalue weighted by Crippen LogP contribution is -2.11. The third-order valence-corrected chi connectivity index (χ3v) is 3.52. The highest BCUT2D eigenvalue weighted by Crippen LogP contribution is 2.26. The van der Waals surface area contributed by atoms with Crippen LogP contribution in [0.1, 0.15) is 32.1 Å². The number of amides is 1. The molecule has 1 heterocycles. The molecule has 1 amide bonds. The predicted octanol–water partition coefficient (Wildman–Crippen LogP) is 3.74. The summed E-state index contributed by atoms with van der Waals surface area (Å²) < 4.78 is 0. The molecule has 1 aromatic heterocycles. The van der Waals surface area contributed by atoms with Crippen molar-refractivity contribution < 1.29 is 4.79 Å². The van der Waals surface area contributed by atoms with Crippen molar-refractivity contribution in [3.8, 4) is 0 Å². The quantitative estimate of drug-likeness (QED) is 0.766. The van der Waals surface area contributed by atoms with Crippen LogP contribution < -0.4 is 11.1 Å². The molecule has 1 aromatic carbocycles. The number of nitrogens with one attached hydrogen (secondary N) is 1. The average Bonchev–Trinajstić information content (AvgIpc) is 2.47. The summed E-state index contributed by atoms with van der Waals surface area (Å²) in [6.07, 6.45) is 6.21. The van der Waals surface area contributed by atoms with E-state index in [0.29, 0.717) is 23.7 Å². The molecule has 2 aromatic rings. The SMILES string of the molecule is NCCCCCCC(=O)Nc1cc(Cl)cc2cccnc12. The van der Waals surface area contributed by atoms with E-state index in [-0.39, 0.29) is 5.91 Å². The molecule has 3 N–H and O–H groups in total. The number of anilines is 1. The van der Waals surface area contributed by atoms with Crippen LogP contribution >= 0.6 is 11.6 Å². The second-order valence-corrected chi connectivity index (χ2v) is 5.47. The Balaban J connectivity index is 1.97. The normalized spacial score (nSPS) is 10.8. The average molecular weight is 306 g/mol. The summed E-state index contributed by atoms with van der Waals surface area (Å²) in [4.78, 5) is 16.3. The first-order valence-corrected chi connectivity index (χ1v) is 7.62. The Bertz CT molecular complexity index is 615. The zero-order valence-electron chi connectivity index (χ0n) is 11.9. The van der Waals surface area contributed by atoms with Gasteiger partial charge in [0.05, 0.1) is 11.2 Å². The van der Waals surface area contributed by atoms with Gasteiger partial charge in [-0.25, -0.2) is 0 Å². The maximum absolute atomic E-state index is 12.0. The number of rotatable bonds is 7. The van der Waals surface area contributed by atoms with E-state index in [9.17, 15) is 4.79 Å². The number of halogens is 1. The number of hydrogen-bond acceptors (Lipinski definition) is 3. The van der Waals surface area contributed by atoms with Gasteiger partial charge in [-0.3, -0.25) is 9.78 Å². The van der Waals surface area contributed by atoms with Crippen molar-refractivity contribution in [2.75, 3.05) is 11.9 Å². The van der Waals surface area contributed by atoms with Gasteiger partial charge >= 0.3 is 0 Å². The van der Waals surface area contributed by atoms with Gasteiger partial charge in [0, 0.05) is 23.0 Å². The van der Waals surface area contributed by atoms with Gasteiger partial charge in [-0.2, -0.15) is 0 Å². The Labute approximate surface area is 129 Å². The Morgan fingerprint density at radius 3 is 2.86 bits per heavy atom. The number of carbonyl (C=O) groups is 1. The van der Waals surface area contributed by atoms with Gasteiger partial charge in [0.2, 0.25) is 5.91 Å². The number of aromatic nitrogens is 1. The van der Waals surface area contributed by atoms with E-state index in [0.717, 1.165) is 36.6 Å². The Hall–Kier alpha value is -1.65. The van der Waals surface area contributed by atoms with Crippen molar-refractivity contribution in [3.05, 3.63) is 35.5 Å². The number of unbranched alkanes of at least 4 members (excludes halogenated alkanes) is 3. The van der Waals surface area contributed by atoms with E-state index in [1.165, 1.54) is 0 Å². The Kier molecular flexibility index (Phi) is 5.96. The third kappa shape index (κ3) is 4.69. The summed E-state index contributed by atoms with van der Waals surface area (Å²) in [6, 6.07) is 7.36. The van der Waals surface area contributed by atoms with Gasteiger partial charge in [0.1, 0.15) is 0 Å².